The maximum Gasteiger partial charge on any atom is 0.407 e. The number of alkyl halides is 2. The van der Waals surface area contributed by atoms with Gasteiger partial charge in [-0.05, 0) is 52.5 Å². The van der Waals surface area contributed by atoms with Crippen LogP contribution in [0.2, 0.25) is 0 Å². The van der Waals surface area contributed by atoms with Crippen molar-refractivity contribution in [2.75, 3.05) is 13.1 Å². The Morgan fingerprint density at radius 1 is 1.25 bits per heavy atom. The lowest BCUT2D eigenvalue weighted by Gasteiger charge is -2.41. The van der Waals surface area contributed by atoms with E-state index < -0.39 is 46.2 Å². The minimum atomic E-state index is -3.29. The summed E-state index contributed by atoms with van der Waals surface area (Å²) in [7, 11) is 0. The number of carbonyl (C=O) groups is 1. The van der Waals surface area contributed by atoms with Gasteiger partial charge in [0, 0.05) is 35.8 Å². The van der Waals surface area contributed by atoms with Gasteiger partial charge in [0.15, 0.2) is 0 Å². The highest BCUT2D eigenvalue weighted by atomic mass is 19.3. The van der Waals surface area contributed by atoms with E-state index in [4.69, 9.17) is 4.74 Å². The van der Waals surface area contributed by atoms with Crippen LogP contribution < -0.4 is 5.32 Å². The molecule has 0 radical (unpaired) electrons. The zero-order valence-electron chi connectivity index (χ0n) is 18.4. The molecule has 1 saturated carbocycles. The summed E-state index contributed by atoms with van der Waals surface area (Å²) in [5.41, 5.74) is -1.83. The first kappa shape index (κ1) is 24.0. The number of carbonyl (C=O) groups excluding carboxylic acids is 1. The lowest BCUT2D eigenvalue weighted by molar-refractivity contribution is -0.385. The van der Waals surface area contributed by atoms with Gasteiger partial charge in [-0.3, -0.25) is 15.0 Å². The number of alkyl carbamates (subject to hydrolysis) is 1. The van der Waals surface area contributed by atoms with Crippen LogP contribution in [0.3, 0.4) is 0 Å². The van der Waals surface area contributed by atoms with Gasteiger partial charge in [0.05, 0.1) is 17.5 Å². The molecular weight excluding hydrogens is 427 g/mol. The second-order valence-corrected chi connectivity index (χ2v) is 9.32. The van der Waals surface area contributed by atoms with Crippen molar-refractivity contribution in [3.63, 3.8) is 0 Å². The Balaban J connectivity index is 1.62. The summed E-state index contributed by atoms with van der Waals surface area (Å²) in [6.07, 6.45) is 3.41. The molecule has 1 aliphatic heterocycles. The molecule has 2 aliphatic rings. The van der Waals surface area contributed by atoms with Crippen LogP contribution in [0.25, 0.3) is 5.57 Å². The summed E-state index contributed by atoms with van der Waals surface area (Å²) in [5, 5.41) is 13.6. The van der Waals surface area contributed by atoms with Crippen molar-refractivity contribution in [2.45, 2.75) is 70.1 Å². The quantitative estimate of drug-likeness (QED) is 0.515. The average molecular weight is 455 g/mol. The SMILES string of the molecule is CC(C)(C)OC(=O)N[C@H]1CC[C@H](N2CC=C(c3ccc([N+](=O)[O-])cc3F)C(F)(F)C2)CC1. The molecule has 0 bridgehead atoms. The first-order valence-electron chi connectivity index (χ1n) is 10.6. The van der Waals surface area contributed by atoms with Gasteiger partial charge in [0.1, 0.15) is 11.4 Å². The third-order valence-corrected chi connectivity index (χ3v) is 5.71. The average Bonchev–Trinajstić information content (AvgIpc) is 2.66. The summed E-state index contributed by atoms with van der Waals surface area (Å²) in [6, 6.07) is 2.60. The molecule has 1 aliphatic carbocycles. The van der Waals surface area contributed by atoms with Crippen LogP contribution in [-0.4, -0.2) is 52.6 Å². The zero-order valence-corrected chi connectivity index (χ0v) is 18.4. The normalized spacial score (nSPS) is 23.9. The molecule has 32 heavy (non-hydrogen) atoms. The molecule has 0 unspecified atom stereocenters. The van der Waals surface area contributed by atoms with E-state index in [-0.39, 0.29) is 24.2 Å². The first-order chi connectivity index (χ1) is 14.9. The van der Waals surface area contributed by atoms with Crippen LogP contribution in [-0.2, 0) is 4.74 Å². The number of hydrogen-bond acceptors (Lipinski definition) is 5. The van der Waals surface area contributed by atoms with Crippen molar-refractivity contribution >= 4 is 17.4 Å². The second kappa shape index (κ2) is 9.09. The summed E-state index contributed by atoms with van der Waals surface area (Å²) >= 11 is 0. The fourth-order valence-electron chi connectivity index (χ4n) is 4.24. The number of ether oxygens (including phenoxy) is 1. The maximum atomic E-state index is 14.9. The monoisotopic (exact) mass is 455 g/mol. The third kappa shape index (κ3) is 5.79. The molecule has 3 rings (SSSR count). The van der Waals surface area contributed by atoms with E-state index in [0.29, 0.717) is 31.7 Å². The molecule has 1 aromatic rings. The number of halogens is 3. The van der Waals surface area contributed by atoms with Gasteiger partial charge in [-0.1, -0.05) is 6.08 Å². The molecule has 1 heterocycles. The minimum Gasteiger partial charge on any atom is -0.444 e. The van der Waals surface area contributed by atoms with E-state index >= 15 is 0 Å². The van der Waals surface area contributed by atoms with Gasteiger partial charge in [-0.15, -0.1) is 0 Å². The first-order valence-corrected chi connectivity index (χ1v) is 10.6. The van der Waals surface area contributed by atoms with E-state index in [0.717, 1.165) is 12.1 Å². The van der Waals surface area contributed by atoms with Gasteiger partial charge in [-0.25, -0.2) is 9.18 Å². The summed E-state index contributed by atoms with van der Waals surface area (Å²) < 4.78 is 49.4. The highest BCUT2D eigenvalue weighted by Gasteiger charge is 2.43. The minimum absolute atomic E-state index is 0.0632. The summed E-state index contributed by atoms with van der Waals surface area (Å²) in [5.74, 6) is -4.33. The number of nitrogens with zero attached hydrogens (tertiary/aromatic N) is 2. The molecular formula is C22H28F3N3O4. The number of nitro benzene ring substituents is 1. The standard InChI is InChI=1S/C22H28F3N3O4/c1-21(2,3)32-20(29)26-14-4-6-15(7-5-14)27-11-10-18(22(24,25)13-27)17-9-8-16(28(30)31)12-19(17)23/h8-10,12,14-15H,4-7,11,13H2,1-3H3,(H,26,29)/t14-,15-. The molecule has 1 amide bonds. The number of rotatable bonds is 4. The molecule has 10 heteroatoms. The van der Waals surface area contributed by atoms with E-state index in [1.807, 2.05) is 0 Å². The Bertz CT molecular complexity index is 906. The lowest BCUT2D eigenvalue weighted by atomic mass is 9.88. The Kier molecular flexibility index (Phi) is 6.83. The van der Waals surface area contributed by atoms with Crippen molar-refractivity contribution in [3.05, 3.63) is 45.8 Å². The van der Waals surface area contributed by atoms with Crippen LogP contribution in [0.15, 0.2) is 24.3 Å². The van der Waals surface area contributed by atoms with E-state index in [1.54, 1.807) is 25.7 Å². The molecule has 1 aromatic carbocycles. The maximum absolute atomic E-state index is 14.9. The molecule has 0 atom stereocenters. The van der Waals surface area contributed by atoms with Crippen molar-refractivity contribution in [2.24, 2.45) is 0 Å². The number of non-ortho nitro benzene ring substituents is 1. The molecule has 7 nitrogen and oxygen atoms in total. The predicted octanol–water partition coefficient (Wildman–Crippen LogP) is 4.90. The van der Waals surface area contributed by atoms with Gasteiger partial charge in [-0.2, -0.15) is 8.78 Å². The number of amides is 1. The summed E-state index contributed by atoms with van der Waals surface area (Å²) in [4.78, 5) is 23.6. The predicted molar refractivity (Wildman–Crippen MR) is 113 cm³/mol. The van der Waals surface area contributed by atoms with Gasteiger partial charge in [0.25, 0.3) is 11.6 Å². The Labute approximate surface area is 184 Å². The largest absolute Gasteiger partial charge is 0.444 e. The van der Waals surface area contributed by atoms with Crippen molar-refractivity contribution in [1.82, 2.24) is 10.2 Å². The van der Waals surface area contributed by atoms with E-state index in [1.165, 1.54) is 6.08 Å². The Morgan fingerprint density at radius 2 is 1.91 bits per heavy atom. The molecule has 1 N–H and O–H groups in total. The number of nitro groups is 1. The lowest BCUT2D eigenvalue weighted by Crippen LogP contribution is -2.50. The van der Waals surface area contributed by atoms with Crippen molar-refractivity contribution in [3.8, 4) is 0 Å². The van der Waals surface area contributed by atoms with Gasteiger partial charge < -0.3 is 10.1 Å². The molecule has 0 aromatic heterocycles. The van der Waals surface area contributed by atoms with Crippen molar-refractivity contribution < 1.29 is 27.6 Å². The van der Waals surface area contributed by atoms with E-state index in [9.17, 15) is 28.1 Å². The Hall–Kier alpha value is -2.62. The smallest absolute Gasteiger partial charge is 0.407 e. The van der Waals surface area contributed by atoms with Crippen LogP contribution in [0, 0.1) is 15.9 Å². The summed E-state index contributed by atoms with van der Waals surface area (Å²) in [6.45, 7) is 5.03. The zero-order chi connectivity index (χ0) is 23.7. The highest BCUT2D eigenvalue weighted by molar-refractivity contribution is 5.73. The van der Waals surface area contributed by atoms with Crippen LogP contribution in [0.5, 0.6) is 0 Å². The topological polar surface area (TPSA) is 84.7 Å². The van der Waals surface area contributed by atoms with E-state index in [2.05, 4.69) is 5.32 Å². The molecule has 0 spiro atoms. The molecule has 0 saturated heterocycles. The molecule has 176 valence electrons. The van der Waals surface area contributed by atoms with Crippen LogP contribution >= 0.6 is 0 Å². The molecule has 1 fully saturated rings. The number of hydrogen-bond donors (Lipinski definition) is 1. The van der Waals surface area contributed by atoms with Crippen LogP contribution in [0.1, 0.15) is 52.0 Å². The highest BCUT2D eigenvalue weighted by Crippen LogP contribution is 2.39. The number of nitrogens with one attached hydrogen (secondary N) is 1. The van der Waals surface area contributed by atoms with Gasteiger partial charge >= 0.3 is 6.09 Å². The van der Waals surface area contributed by atoms with Crippen LogP contribution in [0.4, 0.5) is 23.7 Å². The van der Waals surface area contributed by atoms with Crippen molar-refractivity contribution in [1.29, 1.82) is 0 Å². The fraction of sp³-hybridized carbons (Fsp3) is 0.591. The third-order valence-electron chi connectivity index (χ3n) is 5.71. The number of benzene rings is 1. The Morgan fingerprint density at radius 3 is 2.44 bits per heavy atom. The fourth-order valence-corrected chi connectivity index (χ4v) is 4.24. The second-order valence-electron chi connectivity index (χ2n) is 9.32. The van der Waals surface area contributed by atoms with Gasteiger partial charge in [0.2, 0.25) is 0 Å².